The second kappa shape index (κ2) is 41.8. The Balaban J connectivity index is 2.53. The van der Waals surface area contributed by atoms with Crippen LogP contribution in [-0.2, 0) is 18.4 Å². The van der Waals surface area contributed by atoms with Gasteiger partial charge in [-0.1, -0.05) is 190 Å². The van der Waals surface area contributed by atoms with Crippen molar-refractivity contribution in [1.82, 2.24) is 5.32 Å². The first-order valence-electron chi connectivity index (χ1n) is 26.3. The number of unbranched alkanes of at least 4 members (excludes halogenated alkanes) is 23. The maximum Gasteiger partial charge on any atom is 0.472 e. The summed E-state index contributed by atoms with van der Waals surface area (Å²) in [5, 5.41) is 74.7. The van der Waals surface area contributed by atoms with Gasteiger partial charge in [0.2, 0.25) is 5.91 Å². The summed E-state index contributed by atoms with van der Waals surface area (Å²) in [5.41, 5.74) is 0. The van der Waals surface area contributed by atoms with Crippen LogP contribution >= 0.6 is 7.82 Å². The zero-order valence-corrected chi connectivity index (χ0v) is 42.4. The van der Waals surface area contributed by atoms with Gasteiger partial charge >= 0.3 is 7.82 Å². The van der Waals surface area contributed by atoms with Crippen molar-refractivity contribution in [3.05, 3.63) is 60.8 Å². The summed E-state index contributed by atoms with van der Waals surface area (Å²) in [6.45, 7) is 3.71. The van der Waals surface area contributed by atoms with Crippen LogP contribution in [0.25, 0.3) is 0 Å². The molecule has 390 valence electrons. The lowest BCUT2D eigenvalue weighted by atomic mass is 9.85. The molecule has 1 aliphatic rings. The smallest absolute Gasteiger partial charge is 0.393 e. The number of phosphoric ester groups is 1. The molecule has 0 bridgehead atoms. The van der Waals surface area contributed by atoms with Crippen LogP contribution in [0.2, 0.25) is 0 Å². The van der Waals surface area contributed by atoms with Crippen molar-refractivity contribution < 1.29 is 59.0 Å². The molecule has 8 atom stereocenters. The third-order valence-electron chi connectivity index (χ3n) is 12.3. The average molecular weight is 970 g/mol. The predicted molar refractivity (Wildman–Crippen MR) is 270 cm³/mol. The van der Waals surface area contributed by atoms with Crippen LogP contribution in [0, 0.1) is 0 Å². The lowest BCUT2D eigenvalue weighted by Gasteiger charge is -2.41. The minimum absolute atomic E-state index is 0.263. The van der Waals surface area contributed by atoms with E-state index in [9.17, 15) is 50.0 Å². The molecule has 0 radical (unpaired) electrons. The van der Waals surface area contributed by atoms with E-state index in [1.807, 2.05) is 0 Å². The maximum absolute atomic E-state index is 13.0. The Morgan fingerprint density at radius 2 is 0.925 bits per heavy atom. The predicted octanol–water partition coefficient (Wildman–Crippen LogP) is 10.0. The Hall–Kier alpha value is -2.00. The highest BCUT2D eigenvalue weighted by molar-refractivity contribution is 7.47. The van der Waals surface area contributed by atoms with E-state index in [2.05, 4.69) is 67.8 Å². The molecule has 0 aliphatic heterocycles. The number of carbonyl (C=O) groups excluding carboxylic acids is 1. The summed E-state index contributed by atoms with van der Waals surface area (Å²) < 4.78 is 22.9. The van der Waals surface area contributed by atoms with Gasteiger partial charge in [0.15, 0.2) is 0 Å². The topological polar surface area (TPSA) is 226 Å². The van der Waals surface area contributed by atoms with Crippen molar-refractivity contribution >= 4 is 13.7 Å². The van der Waals surface area contributed by atoms with Crippen molar-refractivity contribution in [2.75, 3.05) is 6.61 Å². The first-order chi connectivity index (χ1) is 32.3. The third-order valence-corrected chi connectivity index (χ3v) is 13.3. The van der Waals surface area contributed by atoms with Crippen molar-refractivity contribution in [2.45, 2.75) is 261 Å². The summed E-state index contributed by atoms with van der Waals surface area (Å²) in [5.74, 6) is -0.612. The van der Waals surface area contributed by atoms with Crippen LogP contribution in [0.5, 0.6) is 0 Å². The molecular formula is C53H96NO12P. The quantitative estimate of drug-likeness (QED) is 0.0120. The van der Waals surface area contributed by atoms with Gasteiger partial charge in [-0.25, -0.2) is 4.57 Å². The molecule has 1 rings (SSSR count). The third kappa shape index (κ3) is 33.3. The summed E-state index contributed by atoms with van der Waals surface area (Å²) in [6.07, 6.45) is 38.7. The molecular weight excluding hydrogens is 874 g/mol. The van der Waals surface area contributed by atoms with Gasteiger partial charge in [0.1, 0.15) is 36.6 Å². The fraction of sp³-hybridized carbons (Fsp3) is 0.792. The molecule has 67 heavy (non-hydrogen) atoms. The van der Waals surface area contributed by atoms with Crippen LogP contribution in [-0.4, -0.2) is 108 Å². The minimum Gasteiger partial charge on any atom is -0.393 e. The highest BCUT2D eigenvalue weighted by Crippen LogP contribution is 2.47. The number of aliphatic hydroxyl groups is 7. The van der Waals surface area contributed by atoms with E-state index in [1.165, 1.54) is 115 Å². The van der Waals surface area contributed by atoms with Gasteiger partial charge in [0.05, 0.1) is 31.3 Å². The standard InChI is InChI=1S/C53H96NO12P/c1-3-5-7-9-11-13-15-17-19-21-22-23-25-27-29-31-33-35-37-39-41-46(56)45(43-65-67(63,64)66-53-51(61)49(59)48(58)50(60)52(53)62)54-47(57)42-44(55)40-38-36-34-32-30-28-26-24-20-18-16-14-12-10-8-6-4-2/h12,14,16,18,23,25,31,33,39,41,44-46,48-53,55-56,58-62H,3-11,13,15,17,19-22,24,26-30,32,34-38,40,42-43H2,1-2H3,(H,54,57)(H,63,64)/b14-12-,18-16-,25-23+,33-31+,41-39+. The molecule has 0 aromatic carbocycles. The van der Waals surface area contributed by atoms with Crippen molar-refractivity contribution in [2.24, 2.45) is 0 Å². The van der Waals surface area contributed by atoms with E-state index in [0.29, 0.717) is 19.3 Å². The number of carbonyl (C=O) groups is 1. The summed E-state index contributed by atoms with van der Waals surface area (Å²) in [6, 6.07) is -1.27. The molecule has 9 N–H and O–H groups in total. The SMILES string of the molecule is CCCCC/C=C\C=C/CCCCCCCCCCC(O)CC(=O)NC(COP(=O)(O)OC1C(O)C(O)C(O)C(O)C1O)C(O)/C=C/CC/C=C/CC/C=C/CCCCCCCCCCCC. The molecule has 13 nitrogen and oxygen atoms in total. The maximum atomic E-state index is 13.0. The van der Waals surface area contributed by atoms with E-state index in [1.54, 1.807) is 6.08 Å². The highest BCUT2D eigenvalue weighted by Gasteiger charge is 2.51. The van der Waals surface area contributed by atoms with Crippen LogP contribution in [0.15, 0.2) is 60.8 Å². The van der Waals surface area contributed by atoms with Gasteiger partial charge in [0.25, 0.3) is 0 Å². The molecule has 8 unspecified atom stereocenters. The van der Waals surface area contributed by atoms with Gasteiger partial charge in [-0.05, 0) is 70.6 Å². The van der Waals surface area contributed by atoms with E-state index >= 15 is 0 Å². The summed E-state index contributed by atoms with van der Waals surface area (Å²) in [4.78, 5) is 23.5. The second-order valence-electron chi connectivity index (χ2n) is 18.6. The average Bonchev–Trinajstić information content (AvgIpc) is 3.30. The molecule has 0 saturated heterocycles. The van der Waals surface area contributed by atoms with E-state index in [4.69, 9.17) is 9.05 Å². The zero-order chi connectivity index (χ0) is 49.4. The van der Waals surface area contributed by atoms with Crippen LogP contribution in [0.4, 0.5) is 0 Å². The Morgan fingerprint density at radius 1 is 0.537 bits per heavy atom. The molecule has 1 saturated carbocycles. The monoisotopic (exact) mass is 970 g/mol. The lowest BCUT2D eigenvalue weighted by molar-refractivity contribution is -0.220. The first-order valence-corrected chi connectivity index (χ1v) is 27.8. The Morgan fingerprint density at radius 3 is 1.43 bits per heavy atom. The number of amides is 1. The molecule has 14 heteroatoms. The minimum atomic E-state index is -5.16. The number of nitrogens with one attached hydrogen (secondary N) is 1. The Bertz CT molecular complexity index is 1380. The number of phosphoric acid groups is 1. The number of rotatable bonds is 43. The summed E-state index contributed by atoms with van der Waals surface area (Å²) in [7, 11) is -5.16. The Kier molecular flexibility index (Phi) is 39.3. The largest absolute Gasteiger partial charge is 0.472 e. The van der Waals surface area contributed by atoms with Gasteiger partial charge in [-0.15, -0.1) is 0 Å². The number of hydrogen-bond donors (Lipinski definition) is 9. The molecule has 1 fully saturated rings. The van der Waals surface area contributed by atoms with E-state index in [-0.39, 0.29) is 6.42 Å². The summed E-state index contributed by atoms with van der Waals surface area (Å²) >= 11 is 0. The normalized spacial score (nSPS) is 22.7. The first kappa shape index (κ1) is 63.0. The molecule has 0 aromatic rings. The van der Waals surface area contributed by atoms with Crippen molar-refractivity contribution in [1.29, 1.82) is 0 Å². The number of allylic oxidation sites excluding steroid dienone is 9. The molecule has 0 heterocycles. The van der Waals surface area contributed by atoms with Crippen LogP contribution < -0.4 is 5.32 Å². The molecule has 1 aliphatic carbocycles. The fourth-order valence-electron chi connectivity index (χ4n) is 8.03. The lowest BCUT2D eigenvalue weighted by Crippen LogP contribution is -2.64. The van der Waals surface area contributed by atoms with E-state index < -0.39 is 75.2 Å². The fourth-order valence-corrected chi connectivity index (χ4v) is 8.99. The van der Waals surface area contributed by atoms with Crippen molar-refractivity contribution in [3.63, 3.8) is 0 Å². The zero-order valence-electron chi connectivity index (χ0n) is 41.5. The number of aliphatic hydroxyl groups excluding tert-OH is 7. The highest BCUT2D eigenvalue weighted by atomic mass is 31.2. The van der Waals surface area contributed by atoms with Crippen molar-refractivity contribution in [3.8, 4) is 0 Å². The van der Waals surface area contributed by atoms with Gasteiger partial charge in [-0.3, -0.25) is 13.8 Å². The van der Waals surface area contributed by atoms with Crippen LogP contribution in [0.3, 0.4) is 0 Å². The van der Waals surface area contributed by atoms with E-state index in [0.717, 1.165) is 57.8 Å². The molecule has 0 spiro atoms. The van der Waals surface area contributed by atoms with Crippen LogP contribution in [0.1, 0.15) is 206 Å². The van der Waals surface area contributed by atoms with Gasteiger partial charge < -0.3 is 46.0 Å². The van der Waals surface area contributed by atoms with Gasteiger partial charge in [-0.2, -0.15) is 0 Å². The second-order valence-corrected chi connectivity index (χ2v) is 20.0. The Labute approximate surface area is 405 Å². The van der Waals surface area contributed by atoms with Gasteiger partial charge in [0, 0.05) is 0 Å². The number of hydrogen-bond acceptors (Lipinski definition) is 11. The molecule has 1 amide bonds. The molecule has 0 aromatic heterocycles.